The van der Waals surface area contributed by atoms with Crippen LogP contribution in [0.5, 0.6) is 0 Å². The Bertz CT molecular complexity index is 337. The van der Waals surface area contributed by atoms with Crippen LogP contribution in [0.15, 0.2) is 29.2 Å². The van der Waals surface area contributed by atoms with Crippen molar-refractivity contribution in [3.63, 3.8) is 0 Å². The Balaban J connectivity index is 2.58. The average Bonchev–Trinajstić information content (AvgIpc) is 2.29. The molecular formula is C12H17NO2S. The Labute approximate surface area is 100 Å². The van der Waals surface area contributed by atoms with Crippen LogP contribution in [0.1, 0.15) is 24.9 Å². The molecule has 1 atom stereocenters. The lowest BCUT2D eigenvalue weighted by molar-refractivity contribution is -0.143. The Hall–Kier alpha value is -1.00. The van der Waals surface area contributed by atoms with Gasteiger partial charge in [0.2, 0.25) is 0 Å². The SMILES string of the molecule is CCOC(=O)C[C@@H](N)c1ccc(SC)cc1. The molecule has 0 bridgehead atoms. The third kappa shape index (κ3) is 3.87. The molecule has 0 spiro atoms. The zero-order chi connectivity index (χ0) is 12.0. The minimum atomic E-state index is -0.282. The predicted molar refractivity (Wildman–Crippen MR) is 66.4 cm³/mol. The lowest BCUT2D eigenvalue weighted by atomic mass is 10.1. The van der Waals surface area contributed by atoms with Crippen molar-refractivity contribution >= 4 is 17.7 Å². The fourth-order valence-electron chi connectivity index (χ4n) is 1.37. The van der Waals surface area contributed by atoms with Crippen LogP contribution in [0.4, 0.5) is 0 Å². The number of benzene rings is 1. The van der Waals surface area contributed by atoms with Gasteiger partial charge in [0.15, 0.2) is 0 Å². The average molecular weight is 239 g/mol. The lowest BCUT2D eigenvalue weighted by Gasteiger charge is -2.11. The van der Waals surface area contributed by atoms with Crippen molar-refractivity contribution in [1.29, 1.82) is 0 Å². The van der Waals surface area contributed by atoms with Gasteiger partial charge >= 0.3 is 5.97 Å². The third-order valence-corrected chi connectivity index (χ3v) is 2.98. The van der Waals surface area contributed by atoms with Gasteiger partial charge in [-0.1, -0.05) is 12.1 Å². The number of ether oxygens (including phenoxy) is 1. The van der Waals surface area contributed by atoms with E-state index in [1.165, 1.54) is 4.90 Å². The zero-order valence-corrected chi connectivity index (χ0v) is 10.4. The quantitative estimate of drug-likeness (QED) is 0.633. The summed E-state index contributed by atoms with van der Waals surface area (Å²) in [6, 6.07) is 7.64. The monoisotopic (exact) mass is 239 g/mol. The highest BCUT2D eigenvalue weighted by Crippen LogP contribution is 2.19. The van der Waals surface area contributed by atoms with Crippen LogP contribution in [0.3, 0.4) is 0 Å². The second-order valence-electron chi connectivity index (χ2n) is 3.39. The Morgan fingerprint density at radius 2 is 2.06 bits per heavy atom. The summed E-state index contributed by atoms with van der Waals surface area (Å²) < 4.78 is 4.86. The minimum Gasteiger partial charge on any atom is -0.466 e. The number of thioether (sulfide) groups is 1. The van der Waals surface area contributed by atoms with Gasteiger partial charge in [-0.15, -0.1) is 11.8 Å². The number of esters is 1. The van der Waals surface area contributed by atoms with E-state index in [0.29, 0.717) is 6.61 Å². The van der Waals surface area contributed by atoms with Gasteiger partial charge in [-0.05, 0) is 30.9 Å². The number of carbonyl (C=O) groups excluding carboxylic acids is 1. The van der Waals surface area contributed by atoms with Gasteiger partial charge in [-0.2, -0.15) is 0 Å². The van der Waals surface area contributed by atoms with Crippen LogP contribution >= 0.6 is 11.8 Å². The maximum atomic E-state index is 11.2. The second kappa shape index (κ2) is 6.55. The van der Waals surface area contributed by atoms with Gasteiger partial charge in [-0.25, -0.2) is 0 Å². The van der Waals surface area contributed by atoms with Crippen molar-refractivity contribution in [3.05, 3.63) is 29.8 Å². The predicted octanol–water partition coefficient (Wildman–Crippen LogP) is 2.36. The first kappa shape index (κ1) is 13.1. The van der Waals surface area contributed by atoms with E-state index < -0.39 is 0 Å². The number of hydrogen-bond acceptors (Lipinski definition) is 4. The summed E-state index contributed by atoms with van der Waals surface area (Å²) in [4.78, 5) is 12.4. The first-order valence-corrected chi connectivity index (χ1v) is 6.45. The van der Waals surface area contributed by atoms with Crippen molar-refractivity contribution in [2.75, 3.05) is 12.9 Å². The smallest absolute Gasteiger partial charge is 0.307 e. The molecule has 88 valence electrons. The molecule has 0 aliphatic heterocycles. The zero-order valence-electron chi connectivity index (χ0n) is 9.60. The molecule has 1 aromatic carbocycles. The summed E-state index contributed by atoms with van der Waals surface area (Å²) in [5, 5.41) is 0. The normalized spacial score (nSPS) is 12.2. The highest BCUT2D eigenvalue weighted by molar-refractivity contribution is 7.98. The van der Waals surface area contributed by atoms with E-state index in [1.54, 1.807) is 18.7 Å². The van der Waals surface area contributed by atoms with E-state index in [4.69, 9.17) is 10.5 Å². The highest BCUT2D eigenvalue weighted by atomic mass is 32.2. The largest absolute Gasteiger partial charge is 0.466 e. The molecule has 4 heteroatoms. The van der Waals surface area contributed by atoms with Crippen molar-refractivity contribution in [2.45, 2.75) is 24.3 Å². The van der Waals surface area contributed by atoms with Crippen LogP contribution in [0, 0.1) is 0 Å². The van der Waals surface area contributed by atoms with Gasteiger partial charge < -0.3 is 10.5 Å². The van der Waals surface area contributed by atoms with E-state index in [1.807, 2.05) is 30.5 Å². The van der Waals surface area contributed by atoms with Crippen LogP contribution in [0.2, 0.25) is 0 Å². The highest BCUT2D eigenvalue weighted by Gasteiger charge is 2.12. The summed E-state index contributed by atoms with van der Waals surface area (Å²) in [6.07, 6.45) is 2.25. The molecule has 0 amide bonds. The summed E-state index contributed by atoms with van der Waals surface area (Å²) in [5.74, 6) is -0.246. The number of carbonyl (C=O) groups is 1. The molecule has 0 radical (unpaired) electrons. The molecular weight excluding hydrogens is 222 g/mol. The maximum absolute atomic E-state index is 11.2. The molecule has 0 saturated heterocycles. The van der Waals surface area contributed by atoms with Crippen molar-refractivity contribution in [3.8, 4) is 0 Å². The number of nitrogens with two attached hydrogens (primary N) is 1. The molecule has 3 nitrogen and oxygen atoms in total. The minimum absolute atomic E-state index is 0.229. The summed E-state index contributed by atoms with van der Waals surface area (Å²) >= 11 is 1.68. The van der Waals surface area contributed by atoms with Crippen LogP contribution in [-0.2, 0) is 9.53 Å². The second-order valence-corrected chi connectivity index (χ2v) is 4.27. The van der Waals surface area contributed by atoms with Crippen LogP contribution in [-0.4, -0.2) is 18.8 Å². The molecule has 0 heterocycles. The lowest BCUT2D eigenvalue weighted by Crippen LogP contribution is -2.17. The number of rotatable bonds is 5. The van der Waals surface area contributed by atoms with E-state index >= 15 is 0 Å². The van der Waals surface area contributed by atoms with Gasteiger partial charge in [0.25, 0.3) is 0 Å². The summed E-state index contributed by atoms with van der Waals surface area (Å²) in [6.45, 7) is 2.19. The molecule has 16 heavy (non-hydrogen) atoms. The van der Waals surface area contributed by atoms with E-state index in [0.717, 1.165) is 5.56 Å². The molecule has 0 fully saturated rings. The van der Waals surface area contributed by atoms with Crippen LogP contribution in [0.25, 0.3) is 0 Å². The molecule has 0 unspecified atom stereocenters. The third-order valence-electron chi connectivity index (χ3n) is 2.24. The molecule has 1 aromatic rings. The molecule has 2 N–H and O–H groups in total. The van der Waals surface area contributed by atoms with Crippen molar-refractivity contribution in [2.24, 2.45) is 5.73 Å². The first-order chi connectivity index (χ1) is 7.67. The molecule has 0 saturated carbocycles. The first-order valence-electron chi connectivity index (χ1n) is 5.22. The maximum Gasteiger partial charge on any atom is 0.307 e. The number of hydrogen-bond donors (Lipinski definition) is 1. The summed E-state index contributed by atoms with van der Waals surface area (Å²) in [7, 11) is 0. The van der Waals surface area contributed by atoms with Gasteiger partial charge in [0.1, 0.15) is 0 Å². The van der Waals surface area contributed by atoms with E-state index in [2.05, 4.69) is 0 Å². The molecule has 0 aliphatic carbocycles. The van der Waals surface area contributed by atoms with Gasteiger partial charge in [0.05, 0.1) is 13.0 Å². The van der Waals surface area contributed by atoms with Crippen molar-refractivity contribution < 1.29 is 9.53 Å². The van der Waals surface area contributed by atoms with E-state index in [9.17, 15) is 4.79 Å². The fraction of sp³-hybridized carbons (Fsp3) is 0.417. The molecule has 1 rings (SSSR count). The van der Waals surface area contributed by atoms with Gasteiger partial charge in [-0.3, -0.25) is 4.79 Å². The molecule has 0 aliphatic rings. The fourth-order valence-corrected chi connectivity index (χ4v) is 1.78. The Morgan fingerprint density at radius 3 is 2.56 bits per heavy atom. The Morgan fingerprint density at radius 1 is 1.44 bits per heavy atom. The van der Waals surface area contributed by atoms with E-state index in [-0.39, 0.29) is 18.4 Å². The Kier molecular flexibility index (Phi) is 5.35. The standard InChI is InChI=1S/C12H17NO2S/c1-3-15-12(14)8-11(13)9-4-6-10(16-2)7-5-9/h4-7,11H,3,8,13H2,1-2H3/t11-/m1/s1. The summed E-state index contributed by atoms with van der Waals surface area (Å²) in [5.41, 5.74) is 6.87. The van der Waals surface area contributed by atoms with Crippen molar-refractivity contribution in [1.82, 2.24) is 0 Å². The van der Waals surface area contributed by atoms with Crippen LogP contribution < -0.4 is 5.73 Å². The van der Waals surface area contributed by atoms with Gasteiger partial charge in [0, 0.05) is 10.9 Å². The topological polar surface area (TPSA) is 52.3 Å². The molecule has 0 aromatic heterocycles.